The van der Waals surface area contributed by atoms with Crippen LogP contribution in [0.15, 0.2) is 0 Å². The van der Waals surface area contributed by atoms with Crippen molar-refractivity contribution in [2.24, 2.45) is 0 Å². The van der Waals surface area contributed by atoms with E-state index in [-0.39, 0.29) is 0 Å². The molecule has 0 radical (unpaired) electrons. The molecule has 1 aliphatic carbocycles. The number of rotatable bonds is 6. The van der Waals surface area contributed by atoms with E-state index in [1.54, 1.807) is 0 Å². The van der Waals surface area contributed by atoms with Gasteiger partial charge in [0.1, 0.15) is 0 Å². The summed E-state index contributed by atoms with van der Waals surface area (Å²) in [6.45, 7) is 3.20. The summed E-state index contributed by atoms with van der Waals surface area (Å²) in [6.07, 6.45) is 1.91. The van der Waals surface area contributed by atoms with E-state index in [1.807, 2.05) is 6.92 Å². The van der Waals surface area contributed by atoms with Crippen LogP contribution in [-0.4, -0.2) is 39.8 Å². The molecule has 0 aliphatic heterocycles. The Hall–Kier alpha value is 0.230. The quantitative estimate of drug-likeness (QED) is 0.451. The predicted molar refractivity (Wildman–Crippen MR) is 54.0 cm³/mol. The first-order valence-electron chi connectivity index (χ1n) is 4.91. The van der Waals surface area contributed by atoms with E-state index in [1.165, 1.54) is 0 Å². The number of hydrogen-bond donors (Lipinski definition) is 3. The van der Waals surface area contributed by atoms with Crippen LogP contribution >= 0.6 is 7.94 Å². The van der Waals surface area contributed by atoms with Crippen LogP contribution in [0.4, 0.5) is 0 Å². The molecule has 5 nitrogen and oxygen atoms in total. The molecular formula is C8H19O5P. The molecule has 1 saturated carbocycles. The third-order valence-corrected chi connectivity index (χ3v) is 4.45. The van der Waals surface area contributed by atoms with Gasteiger partial charge in [0, 0.05) is 0 Å². The molecule has 0 aromatic heterocycles. The fraction of sp³-hybridized carbons (Fsp3) is 1.00. The van der Waals surface area contributed by atoms with E-state index in [0.29, 0.717) is 32.7 Å². The van der Waals surface area contributed by atoms with Crippen molar-refractivity contribution in [1.82, 2.24) is 0 Å². The van der Waals surface area contributed by atoms with Gasteiger partial charge >= 0.3 is 83.4 Å². The van der Waals surface area contributed by atoms with Gasteiger partial charge in [0.25, 0.3) is 0 Å². The van der Waals surface area contributed by atoms with Crippen LogP contribution in [0.2, 0.25) is 0 Å². The zero-order valence-corrected chi connectivity index (χ0v) is 9.40. The summed E-state index contributed by atoms with van der Waals surface area (Å²) in [5, 5.41) is -1.07. The molecule has 1 rings (SSSR count). The molecule has 0 saturated heterocycles. The minimum absolute atomic E-state index is 0.296. The summed E-state index contributed by atoms with van der Waals surface area (Å²) in [6, 6.07) is 0. The van der Waals surface area contributed by atoms with E-state index in [2.05, 4.69) is 0 Å². The molecule has 86 valence electrons. The van der Waals surface area contributed by atoms with Gasteiger partial charge in [-0.15, -0.1) is 0 Å². The number of hydrogen-bond acceptors (Lipinski definition) is 5. The topological polar surface area (TPSA) is 79.2 Å². The van der Waals surface area contributed by atoms with Gasteiger partial charge in [-0.05, 0) is 0 Å². The summed E-state index contributed by atoms with van der Waals surface area (Å²) >= 11 is 0. The molecule has 1 fully saturated rings. The zero-order chi connectivity index (χ0) is 10.7. The van der Waals surface area contributed by atoms with Gasteiger partial charge in [0.2, 0.25) is 0 Å². The van der Waals surface area contributed by atoms with Crippen molar-refractivity contribution in [1.29, 1.82) is 0 Å². The van der Waals surface area contributed by atoms with E-state index < -0.39 is 13.3 Å². The van der Waals surface area contributed by atoms with Crippen molar-refractivity contribution < 1.29 is 24.2 Å². The van der Waals surface area contributed by atoms with Crippen LogP contribution in [0.1, 0.15) is 26.2 Å². The van der Waals surface area contributed by atoms with Gasteiger partial charge in [0.15, 0.2) is 0 Å². The van der Waals surface area contributed by atoms with Crippen molar-refractivity contribution >= 4 is 7.94 Å². The molecule has 0 unspecified atom stereocenters. The number of ether oxygens (including phenoxy) is 2. The first kappa shape index (κ1) is 12.3. The van der Waals surface area contributed by atoms with Gasteiger partial charge in [-0.1, -0.05) is 0 Å². The Morgan fingerprint density at radius 3 is 2.21 bits per heavy atom. The predicted octanol–water partition coefficient (Wildman–Crippen LogP) is 0.391. The van der Waals surface area contributed by atoms with Crippen LogP contribution in [0.3, 0.4) is 0 Å². The van der Waals surface area contributed by atoms with Crippen LogP contribution in [-0.2, 0) is 9.47 Å². The monoisotopic (exact) mass is 226 g/mol. The molecule has 0 spiro atoms. The summed E-state index contributed by atoms with van der Waals surface area (Å²) in [4.78, 5) is 27.7. The Bertz CT molecular complexity index is 175. The van der Waals surface area contributed by atoms with E-state index in [0.717, 1.165) is 6.42 Å². The van der Waals surface area contributed by atoms with Crippen molar-refractivity contribution in [2.75, 3.05) is 19.8 Å². The molecular weight excluding hydrogens is 207 g/mol. The normalized spacial score (nSPS) is 21.7. The zero-order valence-electron chi connectivity index (χ0n) is 8.40. The third kappa shape index (κ3) is 2.63. The van der Waals surface area contributed by atoms with Crippen molar-refractivity contribution in [2.45, 2.75) is 31.5 Å². The minimum atomic E-state index is -4.16. The Balaban J connectivity index is 2.32. The Morgan fingerprint density at radius 2 is 1.86 bits per heavy atom. The molecule has 0 bridgehead atoms. The summed E-state index contributed by atoms with van der Waals surface area (Å²) in [5.41, 5.74) is 0. The first-order chi connectivity index (χ1) is 6.52. The van der Waals surface area contributed by atoms with Crippen molar-refractivity contribution in [3.8, 4) is 0 Å². The molecule has 0 aromatic carbocycles. The van der Waals surface area contributed by atoms with Crippen LogP contribution in [0.25, 0.3) is 0 Å². The van der Waals surface area contributed by atoms with Crippen LogP contribution in [0.5, 0.6) is 0 Å². The van der Waals surface area contributed by atoms with Gasteiger partial charge < -0.3 is 0 Å². The molecule has 0 atom stereocenters. The second-order valence-electron chi connectivity index (χ2n) is 3.53. The molecule has 14 heavy (non-hydrogen) atoms. The Kier molecular flexibility index (Phi) is 4.25. The standard InChI is InChI=1S/C8H19O5P/c1-2-12-6-7-13-8(4-3-5-8)14(9,10)11/h9-11,14H,2-7H2,1H3. The average Bonchev–Trinajstić information content (AvgIpc) is 1.98. The Labute approximate surface area is 84.2 Å². The van der Waals surface area contributed by atoms with Crippen molar-refractivity contribution in [3.05, 3.63) is 0 Å². The van der Waals surface area contributed by atoms with Crippen LogP contribution in [0, 0.1) is 0 Å². The molecule has 0 aromatic rings. The van der Waals surface area contributed by atoms with Gasteiger partial charge in [-0.25, -0.2) is 0 Å². The molecule has 6 heteroatoms. The van der Waals surface area contributed by atoms with Gasteiger partial charge in [-0.2, -0.15) is 0 Å². The second kappa shape index (κ2) is 4.84. The van der Waals surface area contributed by atoms with E-state index in [4.69, 9.17) is 9.47 Å². The molecule has 1 aliphatic rings. The van der Waals surface area contributed by atoms with Gasteiger partial charge in [0.05, 0.1) is 0 Å². The summed E-state index contributed by atoms with van der Waals surface area (Å²) < 4.78 is 10.4. The second-order valence-corrected chi connectivity index (χ2v) is 5.71. The summed E-state index contributed by atoms with van der Waals surface area (Å²) in [7, 11) is -4.16. The van der Waals surface area contributed by atoms with Crippen molar-refractivity contribution in [3.63, 3.8) is 0 Å². The molecule has 3 N–H and O–H groups in total. The average molecular weight is 226 g/mol. The van der Waals surface area contributed by atoms with E-state index in [9.17, 15) is 14.7 Å². The maximum atomic E-state index is 9.23. The SMILES string of the molecule is CCOCCOC1([PH](O)(O)O)CCC1. The fourth-order valence-corrected chi connectivity index (χ4v) is 2.83. The fourth-order valence-electron chi connectivity index (χ4n) is 1.51. The van der Waals surface area contributed by atoms with Crippen LogP contribution < -0.4 is 0 Å². The molecule has 0 amide bonds. The third-order valence-electron chi connectivity index (χ3n) is 2.58. The first-order valence-corrected chi connectivity index (χ1v) is 6.75. The van der Waals surface area contributed by atoms with Gasteiger partial charge in [-0.3, -0.25) is 0 Å². The van der Waals surface area contributed by atoms with E-state index >= 15 is 0 Å². The summed E-state index contributed by atoms with van der Waals surface area (Å²) in [5.74, 6) is 0. The maximum absolute atomic E-state index is 9.23. The Morgan fingerprint density at radius 1 is 1.21 bits per heavy atom. The molecule has 0 heterocycles.